The van der Waals surface area contributed by atoms with Crippen LogP contribution < -0.4 is 5.32 Å². The number of furan rings is 1. The molecule has 0 fully saturated rings. The molecule has 92 valence electrons. The van der Waals surface area contributed by atoms with E-state index in [-0.39, 0.29) is 18.1 Å². The third kappa shape index (κ3) is 3.35. The summed E-state index contributed by atoms with van der Waals surface area (Å²) in [6.45, 7) is 10.7. The van der Waals surface area contributed by atoms with Gasteiger partial charge in [0.1, 0.15) is 11.5 Å². The van der Waals surface area contributed by atoms with E-state index >= 15 is 0 Å². The predicted molar refractivity (Wildman–Crippen MR) is 65.4 cm³/mol. The van der Waals surface area contributed by atoms with Crippen molar-refractivity contribution in [2.24, 2.45) is 5.92 Å². The van der Waals surface area contributed by atoms with Gasteiger partial charge in [-0.2, -0.15) is 0 Å². The normalized spacial score (nSPS) is 15.4. The Balaban J connectivity index is 2.53. The highest BCUT2D eigenvalue weighted by atomic mass is 16.3. The van der Waals surface area contributed by atoms with Crippen LogP contribution in [0.4, 0.5) is 0 Å². The Morgan fingerprint density at radius 3 is 2.38 bits per heavy atom. The maximum atomic E-state index is 9.71. The molecule has 0 amide bonds. The molecular formula is C13H23NO2. The minimum atomic E-state index is -0.296. The largest absolute Gasteiger partial charge is 0.466 e. The molecular weight excluding hydrogens is 202 g/mol. The smallest absolute Gasteiger partial charge is 0.105 e. The van der Waals surface area contributed by atoms with Crippen LogP contribution in [0.1, 0.15) is 43.9 Å². The minimum Gasteiger partial charge on any atom is -0.466 e. The second kappa shape index (κ2) is 5.51. The SMILES string of the molecule is Cc1cc(C(C)NCC(O)C(C)C)c(C)o1. The topological polar surface area (TPSA) is 45.4 Å². The van der Waals surface area contributed by atoms with Gasteiger partial charge in [0, 0.05) is 18.2 Å². The standard InChI is InChI=1S/C13H23NO2/c1-8(2)13(15)7-14-10(4)12-6-9(3)16-11(12)5/h6,8,10,13-15H,7H2,1-5H3. The van der Waals surface area contributed by atoms with Gasteiger partial charge in [-0.3, -0.25) is 0 Å². The van der Waals surface area contributed by atoms with Crippen molar-refractivity contribution in [1.29, 1.82) is 0 Å². The van der Waals surface area contributed by atoms with Gasteiger partial charge in [0.2, 0.25) is 0 Å². The molecule has 16 heavy (non-hydrogen) atoms. The number of aliphatic hydroxyl groups is 1. The van der Waals surface area contributed by atoms with Crippen LogP contribution in [0.15, 0.2) is 10.5 Å². The maximum absolute atomic E-state index is 9.71. The van der Waals surface area contributed by atoms with Crippen molar-refractivity contribution in [2.75, 3.05) is 6.54 Å². The van der Waals surface area contributed by atoms with Crippen molar-refractivity contribution >= 4 is 0 Å². The monoisotopic (exact) mass is 225 g/mol. The van der Waals surface area contributed by atoms with E-state index < -0.39 is 0 Å². The highest BCUT2D eigenvalue weighted by Gasteiger charge is 2.15. The summed E-state index contributed by atoms with van der Waals surface area (Å²) >= 11 is 0. The molecule has 2 atom stereocenters. The van der Waals surface area contributed by atoms with Gasteiger partial charge < -0.3 is 14.8 Å². The third-order valence-corrected chi connectivity index (χ3v) is 2.95. The molecule has 0 bridgehead atoms. The number of nitrogens with one attached hydrogen (secondary N) is 1. The van der Waals surface area contributed by atoms with E-state index in [2.05, 4.69) is 18.3 Å². The lowest BCUT2D eigenvalue weighted by molar-refractivity contribution is 0.120. The Kier molecular flexibility index (Phi) is 4.56. The van der Waals surface area contributed by atoms with Crippen molar-refractivity contribution in [2.45, 2.75) is 46.8 Å². The Morgan fingerprint density at radius 2 is 1.94 bits per heavy atom. The molecule has 2 N–H and O–H groups in total. The van der Waals surface area contributed by atoms with E-state index in [1.807, 2.05) is 27.7 Å². The van der Waals surface area contributed by atoms with Crippen LogP contribution in [0.2, 0.25) is 0 Å². The van der Waals surface area contributed by atoms with Gasteiger partial charge in [0.15, 0.2) is 0 Å². The fourth-order valence-electron chi connectivity index (χ4n) is 1.72. The molecule has 0 aliphatic rings. The molecule has 1 heterocycles. The van der Waals surface area contributed by atoms with Gasteiger partial charge in [-0.1, -0.05) is 13.8 Å². The lowest BCUT2D eigenvalue weighted by Crippen LogP contribution is -2.32. The van der Waals surface area contributed by atoms with Gasteiger partial charge in [0.25, 0.3) is 0 Å². The predicted octanol–water partition coefficient (Wildman–Crippen LogP) is 2.56. The lowest BCUT2D eigenvalue weighted by atomic mass is 10.1. The van der Waals surface area contributed by atoms with Crippen LogP contribution in [0.25, 0.3) is 0 Å². The van der Waals surface area contributed by atoms with Crippen molar-refractivity contribution in [1.82, 2.24) is 5.32 Å². The summed E-state index contributed by atoms with van der Waals surface area (Å²) in [4.78, 5) is 0. The summed E-state index contributed by atoms with van der Waals surface area (Å²) in [5.41, 5.74) is 1.17. The Morgan fingerprint density at radius 1 is 1.31 bits per heavy atom. The van der Waals surface area contributed by atoms with E-state index in [0.29, 0.717) is 6.54 Å². The first kappa shape index (κ1) is 13.3. The van der Waals surface area contributed by atoms with Gasteiger partial charge in [-0.25, -0.2) is 0 Å². The van der Waals surface area contributed by atoms with Crippen LogP contribution >= 0.6 is 0 Å². The zero-order valence-corrected chi connectivity index (χ0v) is 10.9. The molecule has 3 heteroatoms. The van der Waals surface area contributed by atoms with E-state index in [9.17, 15) is 5.11 Å². The summed E-state index contributed by atoms with van der Waals surface area (Å²) in [7, 11) is 0. The molecule has 1 rings (SSSR count). The second-order valence-corrected chi connectivity index (χ2v) is 4.81. The minimum absolute atomic E-state index is 0.214. The highest BCUT2D eigenvalue weighted by molar-refractivity contribution is 5.23. The third-order valence-electron chi connectivity index (χ3n) is 2.95. The van der Waals surface area contributed by atoms with Crippen LogP contribution in [-0.4, -0.2) is 17.8 Å². The van der Waals surface area contributed by atoms with Crippen LogP contribution in [0.5, 0.6) is 0 Å². The fourth-order valence-corrected chi connectivity index (χ4v) is 1.72. The number of rotatable bonds is 5. The molecule has 1 aromatic heterocycles. The van der Waals surface area contributed by atoms with Crippen LogP contribution in [0, 0.1) is 19.8 Å². The summed E-state index contributed by atoms with van der Waals surface area (Å²) in [5, 5.41) is 13.0. The molecule has 0 aliphatic carbocycles. The average molecular weight is 225 g/mol. The van der Waals surface area contributed by atoms with E-state index in [0.717, 1.165) is 11.5 Å². The lowest BCUT2D eigenvalue weighted by Gasteiger charge is -2.19. The second-order valence-electron chi connectivity index (χ2n) is 4.81. The molecule has 0 radical (unpaired) electrons. The molecule has 0 saturated heterocycles. The zero-order valence-electron chi connectivity index (χ0n) is 10.9. The summed E-state index contributed by atoms with van der Waals surface area (Å²) < 4.78 is 5.49. The summed E-state index contributed by atoms with van der Waals surface area (Å²) in [6, 6.07) is 2.26. The van der Waals surface area contributed by atoms with Crippen molar-refractivity contribution < 1.29 is 9.52 Å². The Hall–Kier alpha value is -0.800. The molecule has 0 saturated carbocycles. The van der Waals surface area contributed by atoms with Crippen molar-refractivity contribution in [3.63, 3.8) is 0 Å². The number of aliphatic hydroxyl groups excluding tert-OH is 1. The van der Waals surface area contributed by atoms with Crippen molar-refractivity contribution in [3.05, 3.63) is 23.2 Å². The molecule has 1 aromatic rings. The van der Waals surface area contributed by atoms with Gasteiger partial charge in [-0.05, 0) is 32.8 Å². The average Bonchev–Trinajstić information content (AvgIpc) is 2.53. The van der Waals surface area contributed by atoms with E-state index in [4.69, 9.17) is 4.42 Å². The fraction of sp³-hybridized carbons (Fsp3) is 0.692. The van der Waals surface area contributed by atoms with Crippen LogP contribution in [0.3, 0.4) is 0 Å². The number of aryl methyl sites for hydroxylation is 2. The Bertz CT molecular complexity index is 331. The Labute approximate surface area is 97.9 Å². The molecule has 3 nitrogen and oxygen atoms in total. The summed E-state index contributed by atoms with van der Waals surface area (Å²) in [6.07, 6.45) is -0.296. The highest BCUT2D eigenvalue weighted by Crippen LogP contribution is 2.21. The number of hydrogen-bond donors (Lipinski definition) is 2. The quantitative estimate of drug-likeness (QED) is 0.809. The number of hydrogen-bond acceptors (Lipinski definition) is 3. The van der Waals surface area contributed by atoms with Gasteiger partial charge in [-0.15, -0.1) is 0 Å². The van der Waals surface area contributed by atoms with E-state index in [1.165, 1.54) is 5.56 Å². The first-order valence-corrected chi connectivity index (χ1v) is 5.90. The van der Waals surface area contributed by atoms with E-state index in [1.54, 1.807) is 0 Å². The van der Waals surface area contributed by atoms with Gasteiger partial charge in [0.05, 0.1) is 6.10 Å². The first-order chi connectivity index (χ1) is 7.41. The molecule has 0 aliphatic heterocycles. The first-order valence-electron chi connectivity index (χ1n) is 5.90. The van der Waals surface area contributed by atoms with Gasteiger partial charge >= 0.3 is 0 Å². The zero-order chi connectivity index (χ0) is 12.3. The van der Waals surface area contributed by atoms with Crippen LogP contribution in [-0.2, 0) is 0 Å². The molecule has 2 unspecified atom stereocenters. The van der Waals surface area contributed by atoms with Crippen molar-refractivity contribution in [3.8, 4) is 0 Å². The maximum Gasteiger partial charge on any atom is 0.105 e. The molecule has 0 aromatic carbocycles. The summed E-state index contributed by atoms with van der Waals surface area (Å²) in [5.74, 6) is 2.17. The molecule has 0 spiro atoms.